The summed E-state index contributed by atoms with van der Waals surface area (Å²) in [5.74, 6) is 1.95. The van der Waals surface area contributed by atoms with Crippen molar-refractivity contribution in [1.29, 1.82) is 0 Å². The summed E-state index contributed by atoms with van der Waals surface area (Å²) in [5.41, 5.74) is 4.67. The van der Waals surface area contributed by atoms with Crippen LogP contribution >= 0.6 is 11.3 Å². The van der Waals surface area contributed by atoms with E-state index >= 15 is 0 Å². The van der Waals surface area contributed by atoms with Crippen molar-refractivity contribution in [2.24, 2.45) is 0 Å². The average Bonchev–Trinajstić information content (AvgIpc) is 3.71. The first-order valence-electron chi connectivity index (χ1n) is 15.3. The third-order valence-electron chi connectivity index (χ3n) is 8.92. The van der Waals surface area contributed by atoms with Crippen LogP contribution in [0.2, 0.25) is 0 Å². The molecule has 3 aromatic heterocycles. The molecule has 0 fully saturated rings. The van der Waals surface area contributed by atoms with Crippen LogP contribution in [0.1, 0.15) is 0 Å². The van der Waals surface area contributed by atoms with E-state index in [1.54, 1.807) is 11.3 Å². The minimum absolute atomic E-state index is 0.637. The Balaban J connectivity index is 1.27. The zero-order valence-electron chi connectivity index (χ0n) is 24.4. The molecular formula is C41H23N3OS. The molecule has 0 aliphatic carbocycles. The highest BCUT2D eigenvalue weighted by Crippen LogP contribution is 2.43. The van der Waals surface area contributed by atoms with Crippen molar-refractivity contribution in [1.82, 2.24) is 15.0 Å². The van der Waals surface area contributed by atoms with E-state index in [0.717, 1.165) is 54.8 Å². The molecule has 0 aliphatic heterocycles. The lowest BCUT2D eigenvalue weighted by Gasteiger charge is -2.11. The quantitative estimate of drug-likeness (QED) is 0.188. The van der Waals surface area contributed by atoms with Crippen molar-refractivity contribution < 1.29 is 4.42 Å². The molecule has 5 heteroatoms. The number of para-hydroxylation sites is 1. The van der Waals surface area contributed by atoms with Crippen molar-refractivity contribution in [2.75, 3.05) is 0 Å². The predicted octanol–water partition coefficient (Wildman–Crippen LogP) is 11.4. The molecular weight excluding hydrogens is 583 g/mol. The van der Waals surface area contributed by atoms with E-state index in [0.29, 0.717) is 17.5 Å². The van der Waals surface area contributed by atoms with Gasteiger partial charge >= 0.3 is 0 Å². The maximum Gasteiger partial charge on any atom is 0.165 e. The summed E-state index contributed by atoms with van der Waals surface area (Å²) >= 11 is 1.78. The second kappa shape index (κ2) is 9.80. The van der Waals surface area contributed by atoms with Crippen LogP contribution in [0.25, 0.3) is 97.8 Å². The van der Waals surface area contributed by atoms with Crippen LogP contribution in [0.15, 0.2) is 144 Å². The summed E-state index contributed by atoms with van der Waals surface area (Å²) in [6, 6.07) is 48.4. The molecule has 0 radical (unpaired) electrons. The molecule has 10 rings (SSSR count). The molecule has 0 saturated carbocycles. The van der Waals surface area contributed by atoms with Crippen LogP contribution in [0, 0.1) is 0 Å². The summed E-state index contributed by atoms with van der Waals surface area (Å²) in [7, 11) is 0. The largest absolute Gasteiger partial charge is 0.455 e. The van der Waals surface area contributed by atoms with E-state index in [-0.39, 0.29) is 0 Å². The number of benzene rings is 7. The summed E-state index contributed by atoms with van der Waals surface area (Å²) in [4.78, 5) is 15.3. The zero-order chi connectivity index (χ0) is 30.2. The Labute approximate surface area is 267 Å². The summed E-state index contributed by atoms with van der Waals surface area (Å²) in [6.45, 7) is 0. The van der Waals surface area contributed by atoms with Gasteiger partial charge in [-0.2, -0.15) is 0 Å². The van der Waals surface area contributed by atoms with Crippen molar-refractivity contribution in [3.63, 3.8) is 0 Å². The fraction of sp³-hybridized carbons (Fsp3) is 0. The van der Waals surface area contributed by atoms with Gasteiger partial charge in [-0.3, -0.25) is 0 Å². The van der Waals surface area contributed by atoms with Gasteiger partial charge in [0.1, 0.15) is 11.2 Å². The number of hydrogen-bond acceptors (Lipinski definition) is 5. The van der Waals surface area contributed by atoms with Crippen LogP contribution in [0.3, 0.4) is 0 Å². The van der Waals surface area contributed by atoms with E-state index in [2.05, 4.69) is 109 Å². The Bertz CT molecular complexity index is 2820. The number of hydrogen-bond donors (Lipinski definition) is 0. The van der Waals surface area contributed by atoms with Crippen molar-refractivity contribution >= 4 is 75.0 Å². The molecule has 3 heterocycles. The van der Waals surface area contributed by atoms with Gasteiger partial charge < -0.3 is 4.42 Å². The molecule has 10 aromatic rings. The third-order valence-corrected chi connectivity index (χ3v) is 10.1. The molecule has 0 spiro atoms. The molecule has 7 aromatic carbocycles. The predicted molar refractivity (Wildman–Crippen MR) is 191 cm³/mol. The minimum atomic E-state index is 0.637. The lowest BCUT2D eigenvalue weighted by Crippen LogP contribution is -2.00. The van der Waals surface area contributed by atoms with Gasteiger partial charge in [0.2, 0.25) is 0 Å². The van der Waals surface area contributed by atoms with Crippen LogP contribution in [-0.2, 0) is 0 Å². The van der Waals surface area contributed by atoms with Gasteiger partial charge in [-0.15, -0.1) is 11.3 Å². The summed E-state index contributed by atoms with van der Waals surface area (Å²) in [5, 5.41) is 9.24. The van der Waals surface area contributed by atoms with Crippen molar-refractivity contribution in [2.45, 2.75) is 0 Å². The summed E-state index contributed by atoms with van der Waals surface area (Å²) < 4.78 is 8.93. The monoisotopic (exact) mass is 605 g/mol. The van der Waals surface area contributed by atoms with E-state index in [1.165, 1.54) is 25.6 Å². The van der Waals surface area contributed by atoms with Crippen LogP contribution < -0.4 is 0 Å². The molecule has 0 bridgehead atoms. The van der Waals surface area contributed by atoms with Gasteiger partial charge in [-0.1, -0.05) is 115 Å². The van der Waals surface area contributed by atoms with Crippen molar-refractivity contribution in [3.05, 3.63) is 140 Å². The van der Waals surface area contributed by atoms with Crippen LogP contribution in [-0.4, -0.2) is 15.0 Å². The first-order chi connectivity index (χ1) is 22.8. The highest BCUT2D eigenvalue weighted by molar-refractivity contribution is 7.26. The van der Waals surface area contributed by atoms with E-state index in [1.807, 2.05) is 30.3 Å². The maximum atomic E-state index is 6.50. The Morgan fingerprint density at radius 2 is 1.09 bits per heavy atom. The van der Waals surface area contributed by atoms with Gasteiger partial charge in [0, 0.05) is 53.0 Å². The number of fused-ring (bicyclic) bond motifs is 11. The Morgan fingerprint density at radius 1 is 0.435 bits per heavy atom. The van der Waals surface area contributed by atoms with Crippen LogP contribution in [0.4, 0.5) is 0 Å². The highest BCUT2D eigenvalue weighted by Gasteiger charge is 2.19. The number of rotatable bonds is 3. The lowest BCUT2D eigenvalue weighted by atomic mass is 9.95. The van der Waals surface area contributed by atoms with Gasteiger partial charge in [0.05, 0.1) is 0 Å². The first-order valence-corrected chi connectivity index (χ1v) is 16.1. The van der Waals surface area contributed by atoms with E-state index in [9.17, 15) is 0 Å². The topological polar surface area (TPSA) is 51.8 Å². The molecule has 4 nitrogen and oxygen atoms in total. The fourth-order valence-electron chi connectivity index (χ4n) is 6.81. The number of nitrogens with zero attached hydrogens (tertiary/aromatic N) is 3. The second-order valence-corrected chi connectivity index (χ2v) is 12.6. The van der Waals surface area contributed by atoms with Gasteiger partial charge in [0.25, 0.3) is 0 Å². The highest BCUT2D eigenvalue weighted by atomic mass is 32.1. The number of aromatic nitrogens is 3. The van der Waals surface area contributed by atoms with Gasteiger partial charge in [-0.05, 0) is 40.4 Å². The lowest BCUT2D eigenvalue weighted by molar-refractivity contribution is 0.673. The van der Waals surface area contributed by atoms with Crippen LogP contribution in [0.5, 0.6) is 0 Å². The van der Waals surface area contributed by atoms with Gasteiger partial charge in [0.15, 0.2) is 17.5 Å². The molecule has 214 valence electrons. The Kier molecular flexibility index (Phi) is 5.41. The molecule has 0 amide bonds. The molecule has 0 atom stereocenters. The zero-order valence-corrected chi connectivity index (χ0v) is 25.3. The average molecular weight is 606 g/mol. The Morgan fingerprint density at radius 3 is 1.96 bits per heavy atom. The normalized spacial score (nSPS) is 11.9. The molecule has 0 N–H and O–H groups in total. The minimum Gasteiger partial charge on any atom is -0.455 e. The van der Waals surface area contributed by atoms with Crippen molar-refractivity contribution in [3.8, 4) is 34.2 Å². The molecule has 0 aliphatic rings. The molecule has 0 unspecified atom stereocenters. The molecule has 0 saturated heterocycles. The summed E-state index contributed by atoms with van der Waals surface area (Å²) in [6.07, 6.45) is 0. The molecule has 46 heavy (non-hydrogen) atoms. The maximum absolute atomic E-state index is 6.50. The fourth-order valence-corrected chi connectivity index (χ4v) is 8.02. The number of thiophene rings is 1. The Hall–Kier alpha value is -5.91. The number of furan rings is 1. The van der Waals surface area contributed by atoms with E-state index < -0.39 is 0 Å². The standard InChI is InChI=1S/C41H23N3OS/c1-2-11-24(12-3-1)39-42-40(44-41(43-39)32-18-10-17-30-28-14-7-9-20-35(28)46-38(30)32)25-21-22-27-26-13-4-5-15-29(26)37-36(33(27)23-25)31-16-6-8-19-34(31)45-37/h1-23H. The second-order valence-electron chi connectivity index (χ2n) is 11.6. The van der Waals surface area contributed by atoms with Gasteiger partial charge in [-0.25, -0.2) is 15.0 Å². The first kappa shape index (κ1) is 25.4. The van der Waals surface area contributed by atoms with E-state index in [4.69, 9.17) is 19.4 Å². The smallest absolute Gasteiger partial charge is 0.165 e. The third kappa shape index (κ3) is 3.76. The SMILES string of the molecule is c1ccc(-c2nc(-c3ccc4c5ccccc5c5oc6ccccc6c5c4c3)nc(-c3cccc4c3sc3ccccc34)n2)cc1.